The highest BCUT2D eigenvalue weighted by Gasteiger charge is 2.06. The summed E-state index contributed by atoms with van der Waals surface area (Å²) in [5.41, 5.74) is 0. The molecule has 10 nitrogen and oxygen atoms in total. The first kappa shape index (κ1) is 25.2. The van der Waals surface area contributed by atoms with Crippen LogP contribution in [0.2, 0.25) is 0 Å². The van der Waals surface area contributed by atoms with Crippen molar-refractivity contribution in [1.29, 1.82) is 0 Å². The molecule has 0 fully saturated rings. The molecule has 0 aromatic carbocycles. The Labute approximate surface area is 126 Å². The van der Waals surface area contributed by atoms with E-state index in [4.69, 9.17) is 0 Å². The second kappa shape index (κ2) is 14.2. The van der Waals surface area contributed by atoms with E-state index < -0.39 is 20.8 Å². The van der Waals surface area contributed by atoms with Crippen LogP contribution in [-0.2, 0) is 38.1 Å². The lowest BCUT2D eigenvalue weighted by Crippen LogP contribution is -2.09. The van der Waals surface area contributed by atoms with Gasteiger partial charge in [-0.2, -0.15) is 8.42 Å². The Morgan fingerprint density at radius 3 is 1.43 bits per heavy atom. The Hall–Kier alpha value is -0.790. The molecule has 0 saturated heterocycles. The summed E-state index contributed by atoms with van der Waals surface area (Å²) in [6, 6.07) is 0. The van der Waals surface area contributed by atoms with Gasteiger partial charge in [0.1, 0.15) is 14.1 Å². The number of nitrogens with zero attached hydrogens (tertiary/aromatic N) is 1. The van der Waals surface area contributed by atoms with Gasteiger partial charge in [0, 0.05) is 0 Å². The molecule has 0 rings (SSSR count). The van der Waals surface area contributed by atoms with Crippen molar-refractivity contribution in [3.63, 3.8) is 0 Å². The zero-order valence-corrected chi connectivity index (χ0v) is 14.6. The molecule has 0 aromatic rings. The minimum Gasteiger partial charge on any atom is -0.726 e. The smallest absolute Gasteiger partial charge is 0.399 e. The quantitative estimate of drug-likeness (QED) is 0.200. The second-order valence-electron chi connectivity index (χ2n) is 3.10. The standard InChI is InChI=1S/C4H10NO.C4H10O4S.CH4O4S/c1-5(2)4-6-3;1-3-7-9(5,6)8-4-2;1-5-6(2,3)4/h4H,1-3H3;3-4H2,1-2H3;1H3,(H,2,3,4)/q+1;;/p-1. The van der Waals surface area contributed by atoms with Crippen LogP contribution in [0, 0.1) is 0 Å². The molecule has 0 unspecified atom stereocenters. The van der Waals surface area contributed by atoms with Crippen LogP contribution in [0.5, 0.6) is 0 Å². The van der Waals surface area contributed by atoms with Crippen LogP contribution >= 0.6 is 0 Å². The first-order chi connectivity index (χ1) is 9.45. The molecule has 0 aliphatic rings. The Kier molecular flexibility index (Phi) is 17.0. The lowest BCUT2D eigenvalue weighted by molar-refractivity contribution is -0.467. The number of hydrogen-bond acceptors (Lipinski definition) is 9. The highest BCUT2D eigenvalue weighted by atomic mass is 32.3. The SMILES string of the molecule is CCOS(=O)(=O)OCC.COC=[N+](C)C.COS(=O)(=O)[O-]. The monoisotopic (exact) mass is 353 g/mol. The van der Waals surface area contributed by atoms with Crippen molar-refractivity contribution in [3.8, 4) is 0 Å². The van der Waals surface area contributed by atoms with Gasteiger partial charge in [-0.3, -0.25) is 4.18 Å². The van der Waals surface area contributed by atoms with Gasteiger partial charge >= 0.3 is 16.8 Å². The summed E-state index contributed by atoms with van der Waals surface area (Å²) in [5, 5.41) is 0. The molecule has 0 radical (unpaired) electrons. The van der Waals surface area contributed by atoms with Crippen molar-refractivity contribution in [3.05, 3.63) is 0 Å². The normalized spacial score (nSPS) is 10.4. The third-order valence-corrected chi connectivity index (χ3v) is 2.50. The van der Waals surface area contributed by atoms with Gasteiger partial charge in [0.25, 0.3) is 0 Å². The third kappa shape index (κ3) is 32.6. The fraction of sp³-hybridized carbons (Fsp3) is 0.889. The summed E-state index contributed by atoms with van der Waals surface area (Å²) in [6.07, 6.45) is 1.62. The number of ether oxygens (including phenoxy) is 1. The van der Waals surface area contributed by atoms with Crippen LogP contribution in [0.25, 0.3) is 0 Å². The van der Waals surface area contributed by atoms with Gasteiger partial charge in [0.05, 0.1) is 27.4 Å². The van der Waals surface area contributed by atoms with Gasteiger partial charge in [0.2, 0.25) is 10.4 Å². The van der Waals surface area contributed by atoms with Crippen molar-refractivity contribution in [2.75, 3.05) is 41.5 Å². The highest BCUT2D eigenvalue weighted by Crippen LogP contribution is 1.93. The van der Waals surface area contributed by atoms with Gasteiger partial charge in [-0.15, -0.1) is 0 Å². The van der Waals surface area contributed by atoms with E-state index in [0.717, 1.165) is 7.11 Å². The molecule has 12 heteroatoms. The van der Waals surface area contributed by atoms with E-state index in [1.54, 1.807) is 27.4 Å². The molecular formula is C9H23NO9S2. The summed E-state index contributed by atoms with van der Waals surface area (Å²) in [6.45, 7) is 3.39. The van der Waals surface area contributed by atoms with Gasteiger partial charge in [-0.1, -0.05) is 0 Å². The zero-order valence-electron chi connectivity index (χ0n) is 12.9. The molecule has 0 saturated carbocycles. The third-order valence-electron chi connectivity index (χ3n) is 1.04. The summed E-state index contributed by atoms with van der Waals surface area (Å²) < 4.78 is 66.7. The summed E-state index contributed by atoms with van der Waals surface area (Å²) in [7, 11) is -1.85. The molecule has 130 valence electrons. The molecule has 0 heterocycles. The molecule has 0 amide bonds. The van der Waals surface area contributed by atoms with Crippen LogP contribution in [0.1, 0.15) is 13.8 Å². The van der Waals surface area contributed by atoms with Crippen molar-refractivity contribution < 1.29 is 43.2 Å². The van der Waals surface area contributed by atoms with E-state index >= 15 is 0 Å². The maximum absolute atomic E-state index is 10.4. The Morgan fingerprint density at radius 2 is 1.33 bits per heavy atom. The minimum absolute atomic E-state index is 0.113. The van der Waals surface area contributed by atoms with Gasteiger partial charge < -0.3 is 9.29 Å². The van der Waals surface area contributed by atoms with E-state index in [-0.39, 0.29) is 13.2 Å². The van der Waals surface area contributed by atoms with E-state index in [2.05, 4.69) is 17.3 Å². The number of methoxy groups -OCH3 is 1. The van der Waals surface area contributed by atoms with Crippen LogP contribution in [0.3, 0.4) is 0 Å². The maximum Gasteiger partial charge on any atom is 0.399 e. The first-order valence-corrected chi connectivity index (χ1v) is 8.20. The van der Waals surface area contributed by atoms with Crippen LogP contribution < -0.4 is 0 Å². The number of rotatable bonds is 6. The zero-order chi connectivity index (χ0) is 17.5. The topological polar surface area (TPSA) is 131 Å². The lowest BCUT2D eigenvalue weighted by atomic mass is 10.9. The Balaban J connectivity index is -0.000000240. The van der Waals surface area contributed by atoms with Crippen LogP contribution in [0.4, 0.5) is 0 Å². The van der Waals surface area contributed by atoms with Crippen LogP contribution in [-0.4, -0.2) is 73.9 Å². The highest BCUT2D eigenvalue weighted by molar-refractivity contribution is 7.81. The van der Waals surface area contributed by atoms with E-state index in [1.807, 2.05) is 18.7 Å². The average Bonchev–Trinajstić information content (AvgIpc) is 2.29. The average molecular weight is 353 g/mol. The van der Waals surface area contributed by atoms with Gasteiger partial charge in [-0.05, 0) is 13.8 Å². The first-order valence-electron chi connectivity index (χ1n) is 5.53. The predicted octanol–water partition coefficient (Wildman–Crippen LogP) is -0.670. The predicted molar refractivity (Wildman–Crippen MR) is 74.1 cm³/mol. The molecular weight excluding hydrogens is 330 g/mol. The molecule has 0 N–H and O–H groups in total. The Morgan fingerprint density at radius 1 is 1.00 bits per heavy atom. The molecule has 21 heavy (non-hydrogen) atoms. The summed E-state index contributed by atoms with van der Waals surface area (Å²) in [4.78, 5) is 0. The van der Waals surface area contributed by atoms with E-state index in [9.17, 15) is 21.4 Å². The van der Waals surface area contributed by atoms with Crippen molar-refractivity contribution in [2.45, 2.75) is 13.8 Å². The summed E-state index contributed by atoms with van der Waals surface area (Å²) in [5.74, 6) is 0. The maximum atomic E-state index is 10.4. The molecule has 0 spiro atoms. The second-order valence-corrected chi connectivity index (χ2v) is 5.54. The molecule has 0 aliphatic carbocycles. The molecule has 0 aliphatic heterocycles. The van der Waals surface area contributed by atoms with Gasteiger partial charge in [0.15, 0.2) is 0 Å². The van der Waals surface area contributed by atoms with Crippen LogP contribution in [0.15, 0.2) is 0 Å². The van der Waals surface area contributed by atoms with Crippen molar-refractivity contribution >= 4 is 27.2 Å². The lowest BCUT2D eigenvalue weighted by Gasteiger charge is -1.99. The fourth-order valence-corrected chi connectivity index (χ4v) is 1.18. The molecule has 0 bridgehead atoms. The summed E-state index contributed by atoms with van der Waals surface area (Å²) >= 11 is 0. The molecule has 0 atom stereocenters. The van der Waals surface area contributed by atoms with Crippen molar-refractivity contribution in [2.24, 2.45) is 0 Å². The molecule has 0 aromatic heterocycles. The number of hydrogen-bond donors (Lipinski definition) is 0. The largest absolute Gasteiger partial charge is 0.726 e. The minimum atomic E-state index is -4.41. The fourth-order valence-electron chi connectivity index (χ4n) is 0.534. The van der Waals surface area contributed by atoms with Crippen molar-refractivity contribution in [1.82, 2.24) is 0 Å². The van der Waals surface area contributed by atoms with E-state index in [1.165, 1.54) is 0 Å². The Bertz CT molecular complexity index is 440. The van der Waals surface area contributed by atoms with Gasteiger partial charge in [-0.25, -0.2) is 21.4 Å². The van der Waals surface area contributed by atoms with E-state index in [0.29, 0.717) is 0 Å².